The van der Waals surface area contributed by atoms with Crippen LogP contribution in [0.5, 0.6) is 5.75 Å². The number of hydrogen-bond acceptors (Lipinski definition) is 6. The van der Waals surface area contributed by atoms with Gasteiger partial charge in [0.25, 0.3) is 5.91 Å². The van der Waals surface area contributed by atoms with E-state index in [1.165, 1.54) is 33.5 Å². The number of nitrogen functional groups attached to an aromatic ring is 1. The summed E-state index contributed by atoms with van der Waals surface area (Å²) >= 11 is 0. The van der Waals surface area contributed by atoms with E-state index in [0.717, 1.165) is 0 Å². The van der Waals surface area contributed by atoms with E-state index in [9.17, 15) is 9.59 Å². The van der Waals surface area contributed by atoms with Gasteiger partial charge in [0, 0.05) is 12.7 Å². The minimum atomic E-state index is -0.874. The Kier molecular flexibility index (Phi) is 5.79. The molecule has 0 aromatic heterocycles. The summed E-state index contributed by atoms with van der Waals surface area (Å²) in [5.41, 5.74) is 6.41. The number of hydrogen-bond donors (Lipinski definition) is 2. The minimum absolute atomic E-state index is 0.0184. The van der Waals surface area contributed by atoms with Gasteiger partial charge in [-0.1, -0.05) is 0 Å². The van der Waals surface area contributed by atoms with Gasteiger partial charge in [0.15, 0.2) is 6.04 Å². The van der Waals surface area contributed by atoms with Crippen molar-refractivity contribution in [2.45, 2.75) is 6.04 Å². The quantitative estimate of drug-likeness (QED) is 0.571. The third kappa shape index (κ3) is 3.86. The fourth-order valence-corrected chi connectivity index (χ4v) is 1.57. The van der Waals surface area contributed by atoms with Gasteiger partial charge in [0.05, 0.1) is 26.5 Å². The predicted molar refractivity (Wildman–Crippen MR) is 72.6 cm³/mol. The standard InChI is InChI=1S/C13H18N2O5/c1-18-7-10(13(17)20-3)15-12(16)8-4-5-9(14)11(6-8)19-2/h4-6,10H,7,14H2,1-3H3,(H,15,16). The largest absolute Gasteiger partial charge is 0.495 e. The zero-order valence-electron chi connectivity index (χ0n) is 11.6. The van der Waals surface area contributed by atoms with Crippen molar-refractivity contribution in [3.8, 4) is 5.75 Å². The molecule has 0 saturated heterocycles. The lowest BCUT2D eigenvalue weighted by Crippen LogP contribution is -2.44. The molecular formula is C13H18N2O5. The molecule has 0 bridgehead atoms. The summed E-state index contributed by atoms with van der Waals surface area (Å²) in [5.74, 6) is -0.641. The second-order valence-corrected chi connectivity index (χ2v) is 3.96. The van der Waals surface area contributed by atoms with Crippen LogP contribution in [0.3, 0.4) is 0 Å². The van der Waals surface area contributed by atoms with E-state index in [1.54, 1.807) is 6.07 Å². The number of carbonyl (C=O) groups is 2. The summed E-state index contributed by atoms with van der Waals surface area (Å²) < 4.78 is 14.5. The van der Waals surface area contributed by atoms with Gasteiger partial charge in [-0.15, -0.1) is 0 Å². The van der Waals surface area contributed by atoms with E-state index in [4.69, 9.17) is 15.2 Å². The number of esters is 1. The molecule has 0 aliphatic rings. The third-order valence-corrected chi connectivity index (χ3v) is 2.62. The molecule has 3 N–H and O–H groups in total. The van der Waals surface area contributed by atoms with Gasteiger partial charge < -0.3 is 25.3 Å². The molecule has 0 radical (unpaired) electrons. The molecule has 0 saturated carbocycles. The van der Waals surface area contributed by atoms with Crippen LogP contribution in [-0.4, -0.2) is 45.9 Å². The Morgan fingerprint density at radius 1 is 1.30 bits per heavy atom. The molecule has 1 aromatic carbocycles. The first-order valence-corrected chi connectivity index (χ1v) is 5.84. The summed E-state index contributed by atoms with van der Waals surface area (Å²) in [7, 11) is 4.12. The van der Waals surface area contributed by atoms with Gasteiger partial charge in [0.1, 0.15) is 5.75 Å². The lowest BCUT2D eigenvalue weighted by atomic mass is 10.1. The number of nitrogens with two attached hydrogens (primary N) is 1. The molecule has 7 nitrogen and oxygen atoms in total. The Balaban J connectivity index is 2.86. The molecule has 1 aromatic rings. The maximum atomic E-state index is 12.1. The van der Waals surface area contributed by atoms with Gasteiger partial charge >= 0.3 is 5.97 Å². The van der Waals surface area contributed by atoms with Crippen molar-refractivity contribution < 1.29 is 23.8 Å². The van der Waals surface area contributed by atoms with E-state index in [2.05, 4.69) is 10.1 Å². The van der Waals surface area contributed by atoms with Crippen molar-refractivity contribution in [2.24, 2.45) is 0 Å². The highest BCUT2D eigenvalue weighted by molar-refractivity contribution is 5.97. The number of rotatable bonds is 6. The van der Waals surface area contributed by atoms with Crippen molar-refractivity contribution in [2.75, 3.05) is 33.7 Å². The highest BCUT2D eigenvalue weighted by atomic mass is 16.5. The monoisotopic (exact) mass is 282 g/mol. The summed E-state index contributed by atoms with van der Waals surface area (Å²) in [5, 5.41) is 2.52. The van der Waals surface area contributed by atoms with E-state index in [-0.39, 0.29) is 6.61 Å². The molecular weight excluding hydrogens is 264 g/mol. The number of anilines is 1. The van der Waals surface area contributed by atoms with Crippen LogP contribution in [0.15, 0.2) is 18.2 Å². The number of amides is 1. The lowest BCUT2D eigenvalue weighted by molar-refractivity contribution is -0.144. The average molecular weight is 282 g/mol. The molecule has 1 unspecified atom stereocenters. The van der Waals surface area contributed by atoms with Gasteiger partial charge in [-0.2, -0.15) is 0 Å². The van der Waals surface area contributed by atoms with Crippen molar-refractivity contribution in [3.63, 3.8) is 0 Å². The SMILES string of the molecule is COCC(NC(=O)c1ccc(N)c(OC)c1)C(=O)OC. The van der Waals surface area contributed by atoms with Crippen LogP contribution in [0.2, 0.25) is 0 Å². The van der Waals surface area contributed by atoms with E-state index in [1.807, 2.05) is 0 Å². The van der Waals surface area contributed by atoms with Crippen LogP contribution >= 0.6 is 0 Å². The Labute approximate surface area is 117 Å². The average Bonchev–Trinajstić information content (AvgIpc) is 2.46. The van der Waals surface area contributed by atoms with Crippen molar-refractivity contribution >= 4 is 17.6 Å². The normalized spacial score (nSPS) is 11.6. The highest BCUT2D eigenvalue weighted by Crippen LogP contribution is 2.22. The van der Waals surface area contributed by atoms with E-state index >= 15 is 0 Å². The lowest BCUT2D eigenvalue weighted by Gasteiger charge is -2.16. The van der Waals surface area contributed by atoms with Crippen LogP contribution in [0.25, 0.3) is 0 Å². The number of methoxy groups -OCH3 is 3. The second kappa shape index (κ2) is 7.34. The number of carbonyl (C=O) groups excluding carboxylic acids is 2. The second-order valence-electron chi connectivity index (χ2n) is 3.96. The molecule has 0 fully saturated rings. The molecule has 0 spiro atoms. The molecule has 110 valence electrons. The third-order valence-electron chi connectivity index (χ3n) is 2.62. The predicted octanol–water partition coefficient (Wildman–Crippen LogP) is 0.195. The van der Waals surface area contributed by atoms with Crippen molar-refractivity contribution in [1.82, 2.24) is 5.32 Å². The summed E-state index contributed by atoms with van der Waals surface area (Å²) in [6, 6.07) is 3.71. The molecule has 1 atom stereocenters. The molecule has 7 heteroatoms. The molecule has 0 aliphatic carbocycles. The van der Waals surface area contributed by atoms with Gasteiger partial charge in [-0.05, 0) is 18.2 Å². The van der Waals surface area contributed by atoms with Gasteiger partial charge in [0.2, 0.25) is 0 Å². The molecule has 0 heterocycles. The molecule has 1 rings (SSSR count). The Bertz CT molecular complexity index is 490. The Hall–Kier alpha value is -2.28. The zero-order valence-corrected chi connectivity index (χ0v) is 11.6. The van der Waals surface area contributed by atoms with Crippen LogP contribution in [0, 0.1) is 0 Å². The maximum Gasteiger partial charge on any atom is 0.330 e. The van der Waals surface area contributed by atoms with Crippen LogP contribution in [-0.2, 0) is 14.3 Å². The first kappa shape index (κ1) is 15.8. The fraction of sp³-hybridized carbons (Fsp3) is 0.385. The fourth-order valence-electron chi connectivity index (χ4n) is 1.57. The van der Waals surface area contributed by atoms with Crippen molar-refractivity contribution in [3.05, 3.63) is 23.8 Å². The van der Waals surface area contributed by atoms with Gasteiger partial charge in [-0.3, -0.25) is 4.79 Å². The zero-order chi connectivity index (χ0) is 15.1. The first-order chi connectivity index (χ1) is 9.53. The highest BCUT2D eigenvalue weighted by Gasteiger charge is 2.22. The molecule has 0 aliphatic heterocycles. The molecule has 20 heavy (non-hydrogen) atoms. The summed E-state index contributed by atoms with van der Waals surface area (Å²) in [4.78, 5) is 23.5. The van der Waals surface area contributed by atoms with E-state index < -0.39 is 17.9 Å². The topological polar surface area (TPSA) is 99.9 Å². The Morgan fingerprint density at radius 2 is 2.00 bits per heavy atom. The first-order valence-electron chi connectivity index (χ1n) is 5.84. The smallest absolute Gasteiger partial charge is 0.330 e. The molecule has 1 amide bonds. The number of ether oxygens (including phenoxy) is 3. The number of benzene rings is 1. The maximum absolute atomic E-state index is 12.1. The summed E-state index contributed by atoms with van der Waals surface area (Å²) in [6.07, 6.45) is 0. The minimum Gasteiger partial charge on any atom is -0.495 e. The van der Waals surface area contributed by atoms with E-state index in [0.29, 0.717) is 17.0 Å². The van der Waals surface area contributed by atoms with Crippen LogP contribution < -0.4 is 15.8 Å². The van der Waals surface area contributed by atoms with Crippen molar-refractivity contribution in [1.29, 1.82) is 0 Å². The van der Waals surface area contributed by atoms with Gasteiger partial charge in [-0.25, -0.2) is 4.79 Å². The number of nitrogens with one attached hydrogen (secondary N) is 1. The summed E-state index contributed by atoms with van der Waals surface area (Å²) in [6.45, 7) is 0.0184. The van der Waals surface area contributed by atoms with Crippen LogP contribution in [0.4, 0.5) is 5.69 Å². The van der Waals surface area contributed by atoms with Crippen LogP contribution in [0.1, 0.15) is 10.4 Å². The Morgan fingerprint density at radius 3 is 2.55 bits per heavy atom.